The van der Waals surface area contributed by atoms with E-state index in [9.17, 15) is 4.79 Å². The fourth-order valence-electron chi connectivity index (χ4n) is 4.97. The number of methoxy groups -OCH3 is 1. The predicted molar refractivity (Wildman–Crippen MR) is 99.7 cm³/mol. The number of nitrogens with zero attached hydrogens (tertiary/aromatic N) is 3. The number of pyridine rings is 1. The van der Waals surface area contributed by atoms with Crippen molar-refractivity contribution in [1.29, 1.82) is 0 Å². The summed E-state index contributed by atoms with van der Waals surface area (Å²) in [5.41, 5.74) is 1.26. The normalized spacial score (nSPS) is 29.7. The Morgan fingerprint density at radius 3 is 2.58 bits per heavy atom. The summed E-state index contributed by atoms with van der Waals surface area (Å²) in [4.78, 5) is 21.4. The molecule has 1 N–H and O–H groups in total. The highest BCUT2D eigenvalue weighted by atomic mass is 16.5. The topological polar surface area (TPSA) is 57.7 Å². The number of likely N-dealkylation sites (tertiary alicyclic amines) is 2. The molecule has 2 amide bonds. The Morgan fingerprint density at radius 2 is 1.96 bits per heavy atom. The van der Waals surface area contributed by atoms with Crippen LogP contribution in [0.2, 0.25) is 0 Å². The third-order valence-electron chi connectivity index (χ3n) is 6.35. The van der Waals surface area contributed by atoms with Crippen LogP contribution >= 0.6 is 0 Å². The summed E-state index contributed by atoms with van der Waals surface area (Å²) in [5.74, 6) is 1.04. The lowest BCUT2D eigenvalue weighted by molar-refractivity contribution is -0.00555. The monoisotopic (exact) mass is 358 g/mol. The molecule has 1 saturated carbocycles. The van der Waals surface area contributed by atoms with Crippen molar-refractivity contribution >= 4 is 6.03 Å². The average molecular weight is 358 g/mol. The Hall–Kier alpha value is -1.66. The molecule has 1 aromatic heterocycles. The first-order valence-corrected chi connectivity index (χ1v) is 9.92. The maximum Gasteiger partial charge on any atom is 0.317 e. The molecule has 4 rings (SSSR count). The van der Waals surface area contributed by atoms with Gasteiger partial charge in [-0.05, 0) is 37.3 Å². The van der Waals surface area contributed by atoms with Crippen LogP contribution in [0, 0.1) is 11.8 Å². The molecule has 0 radical (unpaired) electrons. The van der Waals surface area contributed by atoms with Crippen molar-refractivity contribution in [1.82, 2.24) is 20.1 Å². The summed E-state index contributed by atoms with van der Waals surface area (Å²) in [6, 6.07) is 4.54. The zero-order chi connectivity index (χ0) is 17.9. The molecule has 2 atom stereocenters. The Labute approximate surface area is 155 Å². The van der Waals surface area contributed by atoms with Crippen molar-refractivity contribution in [3.63, 3.8) is 0 Å². The van der Waals surface area contributed by atoms with Gasteiger partial charge in [0.15, 0.2) is 0 Å². The standard InChI is InChI=1S/C20H30N4O2/c1-26-19-16-4-5-17(19)14-24(13-16)20(25)22-18-6-9-23(10-7-18)12-15-3-2-8-21-11-15/h2-3,8,11,16-19H,4-7,9-10,12-14H2,1H3,(H,22,25). The van der Waals surface area contributed by atoms with E-state index in [0.717, 1.165) is 45.6 Å². The van der Waals surface area contributed by atoms with E-state index in [4.69, 9.17) is 4.74 Å². The van der Waals surface area contributed by atoms with Crippen LogP contribution in [-0.2, 0) is 11.3 Å². The van der Waals surface area contributed by atoms with E-state index in [-0.39, 0.29) is 6.03 Å². The summed E-state index contributed by atoms with van der Waals surface area (Å²) < 4.78 is 5.65. The maximum absolute atomic E-state index is 12.7. The van der Waals surface area contributed by atoms with E-state index in [1.165, 1.54) is 18.4 Å². The van der Waals surface area contributed by atoms with Gasteiger partial charge in [-0.1, -0.05) is 6.07 Å². The van der Waals surface area contributed by atoms with Crippen molar-refractivity contribution in [2.75, 3.05) is 33.3 Å². The summed E-state index contributed by atoms with van der Waals surface area (Å²) in [5, 5.41) is 3.28. The van der Waals surface area contributed by atoms with Crippen molar-refractivity contribution in [2.45, 2.75) is 44.4 Å². The van der Waals surface area contributed by atoms with Crippen LogP contribution in [0.1, 0.15) is 31.2 Å². The molecule has 142 valence electrons. The molecular formula is C20H30N4O2. The Balaban J connectivity index is 1.23. The summed E-state index contributed by atoms with van der Waals surface area (Å²) in [7, 11) is 1.81. The minimum absolute atomic E-state index is 0.127. The summed E-state index contributed by atoms with van der Waals surface area (Å²) in [6.07, 6.45) is 8.54. The molecule has 1 aliphatic carbocycles. The van der Waals surface area contributed by atoms with Crippen molar-refractivity contribution in [3.05, 3.63) is 30.1 Å². The number of rotatable bonds is 4. The lowest BCUT2D eigenvalue weighted by Crippen LogP contribution is -2.54. The van der Waals surface area contributed by atoms with Gasteiger partial charge in [-0.25, -0.2) is 4.79 Å². The minimum Gasteiger partial charge on any atom is -0.381 e. The molecule has 2 saturated heterocycles. The van der Waals surface area contributed by atoms with Gasteiger partial charge in [0, 0.05) is 70.1 Å². The molecule has 0 aromatic carbocycles. The number of urea groups is 1. The lowest BCUT2D eigenvalue weighted by atomic mass is 9.95. The molecular weight excluding hydrogens is 328 g/mol. The third kappa shape index (κ3) is 3.86. The van der Waals surface area contributed by atoms with Gasteiger partial charge in [0.05, 0.1) is 6.10 Å². The van der Waals surface area contributed by atoms with Gasteiger partial charge in [0.25, 0.3) is 0 Å². The number of aromatic nitrogens is 1. The first-order chi connectivity index (χ1) is 12.7. The number of nitrogens with one attached hydrogen (secondary N) is 1. The second-order valence-electron chi connectivity index (χ2n) is 8.06. The van der Waals surface area contributed by atoms with Gasteiger partial charge in [-0.15, -0.1) is 0 Å². The van der Waals surface area contributed by atoms with Crippen LogP contribution in [0.5, 0.6) is 0 Å². The van der Waals surface area contributed by atoms with Crippen molar-refractivity contribution < 1.29 is 9.53 Å². The number of ether oxygens (including phenoxy) is 1. The van der Waals surface area contributed by atoms with Crippen LogP contribution in [-0.4, -0.2) is 66.2 Å². The van der Waals surface area contributed by atoms with Crippen molar-refractivity contribution in [3.8, 4) is 0 Å². The van der Waals surface area contributed by atoms with Gasteiger partial charge in [0.2, 0.25) is 0 Å². The van der Waals surface area contributed by atoms with E-state index in [1.54, 1.807) is 0 Å². The first kappa shape index (κ1) is 17.7. The van der Waals surface area contributed by atoms with Crippen LogP contribution in [0.4, 0.5) is 4.79 Å². The Bertz CT molecular complexity index is 589. The average Bonchev–Trinajstić information content (AvgIpc) is 2.91. The van der Waals surface area contributed by atoms with E-state index < -0.39 is 0 Å². The smallest absolute Gasteiger partial charge is 0.317 e. The van der Waals surface area contributed by atoms with Crippen molar-refractivity contribution in [2.24, 2.45) is 11.8 Å². The lowest BCUT2D eigenvalue weighted by Gasteiger charge is -2.39. The molecule has 3 heterocycles. The highest BCUT2D eigenvalue weighted by Crippen LogP contribution is 2.38. The molecule has 2 aliphatic heterocycles. The predicted octanol–water partition coefficient (Wildman–Crippen LogP) is 2.11. The van der Waals surface area contributed by atoms with Gasteiger partial charge in [-0.3, -0.25) is 9.88 Å². The van der Waals surface area contributed by atoms with Crippen LogP contribution in [0.15, 0.2) is 24.5 Å². The van der Waals surface area contributed by atoms with Crippen LogP contribution < -0.4 is 5.32 Å². The Kier molecular flexibility index (Phi) is 5.41. The molecule has 6 nitrogen and oxygen atoms in total. The van der Waals surface area contributed by atoms with Crippen LogP contribution in [0.3, 0.4) is 0 Å². The molecule has 2 bridgehead atoms. The number of fused-ring (bicyclic) bond motifs is 2. The minimum atomic E-state index is 0.127. The molecule has 3 fully saturated rings. The van der Waals surface area contributed by atoms with E-state index in [2.05, 4.69) is 21.3 Å². The van der Waals surface area contributed by atoms with Gasteiger partial charge < -0.3 is 15.0 Å². The number of hydrogen-bond acceptors (Lipinski definition) is 4. The fraction of sp³-hybridized carbons (Fsp3) is 0.700. The highest BCUT2D eigenvalue weighted by Gasteiger charge is 2.43. The summed E-state index contributed by atoms with van der Waals surface area (Å²) >= 11 is 0. The number of amides is 2. The van der Waals surface area contributed by atoms with Gasteiger partial charge >= 0.3 is 6.03 Å². The highest BCUT2D eigenvalue weighted by molar-refractivity contribution is 5.74. The second-order valence-corrected chi connectivity index (χ2v) is 8.06. The number of hydrogen-bond donors (Lipinski definition) is 1. The van der Waals surface area contributed by atoms with Crippen LogP contribution in [0.25, 0.3) is 0 Å². The summed E-state index contributed by atoms with van der Waals surface area (Å²) in [6.45, 7) is 4.69. The molecule has 2 unspecified atom stereocenters. The van der Waals surface area contributed by atoms with E-state index in [1.807, 2.05) is 30.5 Å². The first-order valence-electron chi connectivity index (χ1n) is 9.92. The quantitative estimate of drug-likeness (QED) is 0.896. The molecule has 6 heteroatoms. The maximum atomic E-state index is 12.7. The molecule has 0 spiro atoms. The largest absolute Gasteiger partial charge is 0.381 e. The molecule has 3 aliphatic rings. The van der Waals surface area contributed by atoms with E-state index >= 15 is 0 Å². The number of piperidine rings is 2. The SMILES string of the molecule is COC1C2CCC1CN(C(=O)NC1CCN(Cc3cccnc3)CC1)C2. The third-order valence-corrected chi connectivity index (χ3v) is 6.35. The van der Waals surface area contributed by atoms with Gasteiger partial charge in [0.1, 0.15) is 0 Å². The Morgan fingerprint density at radius 1 is 1.23 bits per heavy atom. The number of carbonyl (C=O) groups is 1. The van der Waals surface area contributed by atoms with Gasteiger partial charge in [-0.2, -0.15) is 0 Å². The molecule has 26 heavy (non-hydrogen) atoms. The number of carbonyl (C=O) groups excluding carboxylic acids is 1. The van der Waals surface area contributed by atoms with E-state index in [0.29, 0.717) is 24.0 Å². The fourth-order valence-corrected chi connectivity index (χ4v) is 4.97. The second kappa shape index (κ2) is 7.92. The zero-order valence-corrected chi connectivity index (χ0v) is 15.6. The zero-order valence-electron chi connectivity index (χ0n) is 15.6. The molecule has 1 aromatic rings.